The zero-order valence-electron chi connectivity index (χ0n) is 12.5. The Morgan fingerprint density at radius 3 is 2.10 bits per heavy atom. The molecule has 2 amide bonds. The Morgan fingerprint density at radius 1 is 1.10 bits per heavy atom. The van der Waals surface area contributed by atoms with Gasteiger partial charge in [-0.2, -0.15) is 0 Å². The standard InChI is InChI=1S/C14H24N2O4/c1-11(17)15(2)10-12(18)16(3)14(9-13(19)20)7-5-4-6-8-14/h4-10H2,1-3H3,(H,19,20). The number of carbonyl (C=O) groups excluding carboxylic acids is 2. The quantitative estimate of drug-likeness (QED) is 0.820. The van der Waals surface area contributed by atoms with E-state index in [0.717, 1.165) is 19.3 Å². The predicted octanol–water partition coefficient (Wildman–Crippen LogP) is 1.10. The second-order valence-corrected chi connectivity index (χ2v) is 5.68. The maximum atomic E-state index is 12.3. The molecular weight excluding hydrogens is 260 g/mol. The van der Waals surface area contributed by atoms with Gasteiger partial charge in [-0.1, -0.05) is 19.3 Å². The summed E-state index contributed by atoms with van der Waals surface area (Å²) in [6, 6.07) is 0. The number of aliphatic carboxylic acids is 1. The number of amides is 2. The van der Waals surface area contributed by atoms with Crippen LogP contribution in [0.25, 0.3) is 0 Å². The topological polar surface area (TPSA) is 77.9 Å². The van der Waals surface area contributed by atoms with Crippen molar-refractivity contribution in [1.29, 1.82) is 0 Å². The number of rotatable bonds is 5. The summed E-state index contributed by atoms with van der Waals surface area (Å²) in [5.74, 6) is -1.26. The summed E-state index contributed by atoms with van der Waals surface area (Å²) in [5.41, 5.74) is -0.598. The number of carbonyl (C=O) groups is 3. The van der Waals surface area contributed by atoms with E-state index in [1.807, 2.05) is 0 Å². The highest BCUT2D eigenvalue weighted by Gasteiger charge is 2.40. The van der Waals surface area contributed by atoms with Crippen LogP contribution >= 0.6 is 0 Å². The first-order chi connectivity index (χ1) is 9.28. The molecule has 1 aliphatic rings. The summed E-state index contributed by atoms with van der Waals surface area (Å²) in [5, 5.41) is 9.13. The Hall–Kier alpha value is -1.59. The van der Waals surface area contributed by atoms with Crippen molar-refractivity contribution in [3.8, 4) is 0 Å². The van der Waals surface area contributed by atoms with Crippen LogP contribution in [0.5, 0.6) is 0 Å². The molecule has 0 heterocycles. The van der Waals surface area contributed by atoms with Gasteiger partial charge in [-0.3, -0.25) is 14.4 Å². The molecule has 0 bridgehead atoms. The summed E-state index contributed by atoms with van der Waals surface area (Å²) >= 11 is 0. The van der Waals surface area contributed by atoms with Crippen molar-refractivity contribution in [1.82, 2.24) is 9.80 Å². The Bertz CT molecular complexity index is 389. The first kappa shape index (κ1) is 16.5. The van der Waals surface area contributed by atoms with Crippen molar-refractivity contribution in [2.45, 2.75) is 51.0 Å². The van der Waals surface area contributed by atoms with Gasteiger partial charge in [0, 0.05) is 21.0 Å². The van der Waals surface area contributed by atoms with Gasteiger partial charge in [0.2, 0.25) is 11.8 Å². The van der Waals surface area contributed by atoms with E-state index in [1.165, 1.54) is 11.8 Å². The number of carboxylic acids is 1. The van der Waals surface area contributed by atoms with Crippen molar-refractivity contribution < 1.29 is 19.5 Å². The lowest BCUT2D eigenvalue weighted by Gasteiger charge is -2.44. The van der Waals surface area contributed by atoms with Gasteiger partial charge in [0.05, 0.1) is 18.5 Å². The number of hydrogen-bond donors (Lipinski definition) is 1. The highest BCUT2D eigenvalue weighted by Crippen LogP contribution is 2.36. The number of nitrogens with zero attached hydrogens (tertiary/aromatic N) is 2. The highest BCUT2D eigenvalue weighted by atomic mass is 16.4. The molecule has 0 radical (unpaired) electrons. The first-order valence-electron chi connectivity index (χ1n) is 6.99. The maximum absolute atomic E-state index is 12.3. The maximum Gasteiger partial charge on any atom is 0.305 e. The van der Waals surface area contributed by atoms with E-state index in [0.29, 0.717) is 12.8 Å². The van der Waals surface area contributed by atoms with Gasteiger partial charge in [0.1, 0.15) is 0 Å². The molecule has 0 atom stereocenters. The van der Waals surface area contributed by atoms with E-state index in [1.54, 1.807) is 19.0 Å². The molecule has 0 spiro atoms. The molecule has 1 fully saturated rings. The Labute approximate surface area is 119 Å². The van der Waals surface area contributed by atoms with Crippen LogP contribution in [0.3, 0.4) is 0 Å². The summed E-state index contributed by atoms with van der Waals surface area (Å²) in [4.78, 5) is 37.5. The van der Waals surface area contributed by atoms with Crippen molar-refractivity contribution >= 4 is 17.8 Å². The minimum Gasteiger partial charge on any atom is -0.481 e. The van der Waals surface area contributed by atoms with Crippen LogP contribution in [0.4, 0.5) is 0 Å². The van der Waals surface area contributed by atoms with Gasteiger partial charge in [0.15, 0.2) is 0 Å². The number of carboxylic acid groups (broad SMARTS) is 1. The van der Waals surface area contributed by atoms with Gasteiger partial charge in [-0.15, -0.1) is 0 Å². The average molecular weight is 284 g/mol. The van der Waals surface area contributed by atoms with Crippen molar-refractivity contribution in [2.75, 3.05) is 20.6 Å². The molecule has 0 saturated heterocycles. The van der Waals surface area contributed by atoms with E-state index in [4.69, 9.17) is 5.11 Å². The minimum absolute atomic E-state index is 0.00674. The molecule has 114 valence electrons. The smallest absolute Gasteiger partial charge is 0.305 e. The fourth-order valence-corrected chi connectivity index (χ4v) is 2.81. The minimum atomic E-state index is -0.883. The summed E-state index contributed by atoms with van der Waals surface area (Å²) in [7, 11) is 3.23. The summed E-state index contributed by atoms with van der Waals surface area (Å²) in [6.07, 6.45) is 4.35. The van der Waals surface area contributed by atoms with Gasteiger partial charge < -0.3 is 14.9 Å². The van der Waals surface area contributed by atoms with Gasteiger partial charge in [0.25, 0.3) is 0 Å². The molecule has 1 N–H and O–H groups in total. The lowest BCUT2D eigenvalue weighted by Crippen LogP contribution is -2.54. The molecule has 20 heavy (non-hydrogen) atoms. The molecule has 1 aliphatic carbocycles. The van der Waals surface area contributed by atoms with E-state index in [9.17, 15) is 14.4 Å². The SMILES string of the molecule is CC(=O)N(C)CC(=O)N(C)C1(CC(=O)O)CCCCC1. The second-order valence-electron chi connectivity index (χ2n) is 5.68. The number of likely N-dealkylation sites (N-methyl/N-ethyl adjacent to an activating group) is 2. The predicted molar refractivity (Wildman–Crippen MR) is 74.1 cm³/mol. The van der Waals surface area contributed by atoms with E-state index < -0.39 is 11.5 Å². The van der Waals surface area contributed by atoms with Crippen LogP contribution < -0.4 is 0 Å². The van der Waals surface area contributed by atoms with Gasteiger partial charge >= 0.3 is 5.97 Å². The Morgan fingerprint density at radius 2 is 1.65 bits per heavy atom. The fourth-order valence-electron chi connectivity index (χ4n) is 2.81. The molecule has 6 heteroatoms. The molecule has 6 nitrogen and oxygen atoms in total. The van der Waals surface area contributed by atoms with Gasteiger partial charge in [-0.05, 0) is 12.8 Å². The molecule has 0 aromatic rings. The largest absolute Gasteiger partial charge is 0.481 e. The van der Waals surface area contributed by atoms with Gasteiger partial charge in [-0.25, -0.2) is 0 Å². The molecular formula is C14H24N2O4. The van der Waals surface area contributed by atoms with Crippen molar-refractivity contribution in [2.24, 2.45) is 0 Å². The average Bonchev–Trinajstić information content (AvgIpc) is 2.37. The molecule has 1 rings (SSSR count). The summed E-state index contributed by atoms with van der Waals surface area (Å²) < 4.78 is 0. The molecule has 0 aromatic heterocycles. The van der Waals surface area contributed by atoms with Crippen LogP contribution in [-0.2, 0) is 14.4 Å². The zero-order chi connectivity index (χ0) is 15.3. The Kier molecular flexibility index (Phi) is 5.53. The number of hydrogen-bond acceptors (Lipinski definition) is 3. The fraction of sp³-hybridized carbons (Fsp3) is 0.786. The van der Waals surface area contributed by atoms with E-state index in [2.05, 4.69) is 0 Å². The molecule has 0 unspecified atom stereocenters. The normalized spacial score (nSPS) is 17.4. The van der Waals surface area contributed by atoms with Crippen molar-refractivity contribution in [3.05, 3.63) is 0 Å². The lowest BCUT2D eigenvalue weighted by atomic mass is 9.78. The van der Waals surface area contributed by atoms with E-state index in [-0.39, 0.29) is 24.8 Å². The van der Waals surface area contributed by atoms with Crippen molar-refractivity contribution in [3.63, 3.8) is 0 Å². The third-order valence-electron chi connectivity index (χ3n) is 4.26. The Balaban J connectivity index is 2.81. The first-order valence-corrected chi connectivity index (χ1v) is 6.99. The lowest BCUT2D eigenvalue weighted by molar-refractivity contribution is -0.148. The highest BCUT2D eigenvalue weighted by molar-refractivity contribution is 5.84. The third-order valence-corrected chi connectivity index (χ3v) is 4.26. The molecule has 0 aromatic carbocycles. The zero-order valence-corrected chi connectivity index (χ0v) is 12.5. The summed E-state index contributed by atoms with van der Waals surface area (Å²) in [6.45, 7) is 1.40. The molecule has 0 aliphatic heterocycles. The molecule has 1 saturated carbocycles. The second kappa shape index (κ2) is 6.72. The third kappa shape index (κ3) is 3.95. The van der Waals surface area contributed by atoms with E-state index >= 15 is 0 Å². The van der Waals surface area contributed by atoms with Crippen LogP contribution in [0, 0.1) is 0 Å². The van der Waals surface area contributed by atoms with Crippen LogP contribution in [0.15, 0.2) is 0 Å². The van der Waals surface area contributed by atoms with Crippen LogP contribution in [0.1, 0.15) is 45.4 Å². The van der Waals surface area contributed by atoms with Crippen LogP contribution in [0.2, 0.25) is 0 Å². The monoisotopic (exact) mass is 284 g/mol. The van der Waals surface area contributed by atoms with Crippen LogP contribution in [-0.4, -0.2) is 58.9 Å².